The van der Waals surface area contributed by atoms with Gasteiger partial charge in [0.05, 0.1) is 0 Å². The number of rotatable bonds is 1. The first-order chi connectivity index (χ1) is 3.66. The first kappa shape index (κ1) is 12.1. The Balaban J connectivity index is 0. The summed E-state index contributed by atoms with van der Waals surface area (Å²) in [6.45, 7) is 3.19. The molecule has 2 nitrogen and oxygen atoms in total. The van der Waals surface area contributed by atoms with Crippen LogP contribution in [0.4, 0.5) is 0 Å². The molecule has 0 spiro atoms. The van der Waals surface area contributed by atoms with Crippen LogP contribution in [-0.4, -0.2) is 5.91 Å². The number of nitrogens with one attached hydrogen (secondary N) is 1. The van der Waals surface area contributed by atoms with Crippen LogP contribution in [0.15, 0.2) is 11.1 Å². The van der Waals surface area contributed by atoms with Crippen molar-refractivity contribution in [2.24, 2.45) is 0 Å². The van der Waals surface area contributed by atoms with Crippen LogP contribution in [-0.2, 0) is 17.4 Å². The topological polar surface area (TPSA) is 29.1 Å². The molecule has 0 aliphatic rings. The van der Waals surface area contributed by atoms with Crippen LogP contribution >= 0.6 is 0 Å². The second kappa shape index (κ2) is 6.55. The molecule has 0 fully saturated rings. The van der Waals surface area contributed by atoms with Crippen LogP contribution in [0.3, 0.4) is 0 Å². The molecule has 0 aliphatic carbocycles. The van der Waals surface area contributed by atoms with Crippen molar-refractivity contribution in [3.8, 4) is 0 Å². The van der Waals surface area contributed by atoms with Crippen molar-refractivity contribution in [2.75, 3.05) is 0 Å². The van der Waals surface area contributed by atoms with E-state index in [1.165, 1.54) is 12.3 Å². The van der Waals surface area contributed by atoms with Gasteiger partial charge >= 0.3 is 29.6 Å². The van der Waals surface area contributed by atoms with Crippen LogP contribution in [0.25, 0.3) is 0 Å². The molecule has 46 valence electrons. The van der Waals surface area contributed by atoms with Gasteiger partial charge in [-0.15, -0.1) is 0 Å². The average Bonchev–Trinajstić information content (AvgIpc) is 1.65. The molecular formula is C5H8NNaOS. The van der Waals surface area contributed by atoms with Crippen molar-refractivity contribution >= 4 is 18.5 Å². The molecule has 0 aliphatic heterocycles. The Labute approximate surface area is 82.8 Å². The normalized spacial score (nSPS) is 9.78. The molecule has 0 radical (unpaired) electrons. The third-order valence-corrected chi connectivity index (χ3v) is 0.904. The maximum atomic E-state index is 10.2. The minimum atomic E-state index is -0.0800. The molecular weight excluding hydrogens is 145 g/mol. The van der Waals surface area contributed by atoms with E-state index in [-0.39, 0.29) is 35.5 Å². The van der Waals surface area contributed by atoms with Crippen LogP contribution in [0.5, 0.6) is 0 Å². The van der Waals surface area contributed by atoms with Gasteiger partial charge in [0, 0.05) is 6.92 Å². The summed E-state index contributed by atoms with van der Waals surface area (Å²) in [6.07, 6.45) is 0. The fourth-order valence-corrected chi connectivity index (χ4v) is 0.366. The number of hydrogen-bond acceptors (Lipinski definition) is 2. The first-order valence-electron chi connectivity index (χ1n) is 2.23. The summed E-state index contributed by atoms with van der Waals surface area (Å²) in [7, 11) is 0. The first-order valence-corrected chi connectivity index (χ1v) is 2.70. The predicted molar refractivity (Wildman–Crippen MR) is 34.9 cm³/mol. The molecule has 0 bridgehead atoms. The molecule has 1 amide bonds. The van der Waals surface area contributed by atoms with E-state index in [0.29, 0.717) is 5.70 Å². The van der Waals surface area contributed by atoms with E-state index in [1.54, 1.807) is 6.92 Å². The number of amides is 1. The Kier molecular flexibility index (Phi) is 8.83. The van der Waals surface area contributed by atoms with Gasteiger partial charge in [0.1, 0.15) is 0 Å². The number of allylic oxidation sites excluding steroid dienone is 1. The molecule has 4 heteroatoms. The van der Waals surface area contributed by atoms with E-state index in [1.807, 2.05) is 0 Å². The fourth-order valence-electron chi connectivity index (χ4n) is 0.307. The van der Waals surface area contributed by atoms with Gasteiger partial charge in [0.2, 0.25) is 5.91 Å². The smallest absolute Gasteiger partial charge is 0.786 e. The van der Waals surface area contributed by atoms with Gasteiger partial charge in [-0.2, -0.15) is 5.41 Å². The maximum Gasteiger partial charge on any atom is 1.00 e. The largest absolute Gasteiger partial charge is 1.00 e. The van der Waals surface area contributed by atoms with Crippen molar-refractivity contribution < 1.29 is 34.4 Å². The minimum Gasteiger partial charge on any atom is -0.786 e. The Bertz CT molecular complexity index is 124. The van der Waals surface area contributed by atoms with E-state index in [2.05, 4.69) is 17.9 Å². The molecule has 0 aromatic heterocycles. The summed E-state index contributed by atoms with van der Waals surface area (Å²) in [5.41, 5.74) is 0.715. The third kappa shape index (κ3) is 8.43. The van der Waals surface area contributed by atoms with Crippen molar-refractivity contribution in [3.05, 3.63) is 11.1 Å². The van der Waals surface area contributed by atoms with Crippen molar-refractivity contribution in [3.63, 3.8) is 0 Å². The van der Waals surface area contributed by atoms with Gasteiger partial charge in [-0.3, -0.25) is 4.79 Å². The third-order valence-electron chi connectivity index (χ3n) is 0.550. The number of carbonyl (C=O) groups excluding carboxylic acids is 1. The Morgan fingerprint density at radius 1 is 1.56 bits per heavy atom. The summed E-state index contributed by atoms with van der Waals surface area (Å²) >= 11 is 4.52. The zero-order chi connectivity index (χ0) is 6.57. The van der Waals surface area contributed by atoms with Gasteiger partial charge in [-0.1, -0.05) is 0 Å². The van der Waals surface area contributed by atoms with E-state index in [4.69, 9.17) is 0 Å². The van der Waals surface area contributed by atoms with Crippen LogP contribution in [0, 0.1) is 0 Å². The maximum absolute atomic E-state index is 10.2. The summed E-state index contributed by atoms with van der Waals surface area (Å²) in [5, 5.41) is 3.94. The molecule has 0 rings (SSSR count). The second-order valence-corrected chi connectivity index (χ2v) is 1.72. The molecule has 1 N–H and O–H groups in total. The average molecular weight is 153 g/mol. The molecule has 9 heavy (non-hydrogen) atoms. The van der Waals surface area contributed by atoms with Crippen molar-refractivity contribution in [1.29, 1.82) is 0 Å². The predicted octanol–water partition coefficient (Wildman–Crippen LogP) is -2.47. The standard InChI is InChI=1S/C5H9NOS.Na/c1-4(3-8)6-5(2)7;/h3,8H,1-2H3,(H,6,7);/q;+1/p-1/b4-3-;. The molecule has 0 saturated carbocycles. The van der Waals surface area contributed by atoms with Crippen molar-refractivity contribution in [2.45, 2.75) is 13.8 Å². The summed E-state index contributed by atoms with van der Waals surface area (Å²) in [6, 6.07) is 0. The second-order valence-electron chi connectivity index (χ2n) is 1.48. The summed E-state index contributed by atoms with van der Waals surface area (Å²) in [5.74, 6) is -0.0800. The van der Waals surface area contributed by atoms with Gasteiger partial charge in [0.25, 0.3) is 0 Å². The van der Waals surface area contributed by atoms with Gasteiger partial charge in [-0.05, 0) is 12.6 Å². The van der Waals surface area contributed by atoms with E-state index in [0.717, 1.165) is 0 Å². The van der Waals surface area contributed by atoms with Crippen LogP contribution in [0.2, 0.25) is 0 Å². The molecule has 0 unspecified atom stereocenters. The molecule has 0 atom stereocenters. The summed E-state index contributed by atoms with van der Waals surface area (Å²) in [4.78, 5) is 10.2. The molecule has 0 aromatic rings. The molecule has 0 saturated heterocycles. The monoisotopic (exact) mass is 153 g/mol. The van der Waals surface area contributed by atoms with E-state index < -0.39 is 0 Å². The zero-order valence-corrected chi connectivity index (χ0v) is 8.71. The Morgan fingerprint density at radius 3 is 2.11 bits per heavy atom. The quantitative estimate of drug-likeness (QED) is 0.334. The van der Waals surface area contributed by atoms with Crippen LogP contribution in [0.1, 0.15) is 13.8 Å². The van der Waals surface area contributed by atoms with Gasteiger partial charge in [0.15, 0.2) is 0 Å². The minimum absolute atomic E-state index is 0. The number of hydrogen-bond donors (Lipinski definition) is 1. The van der Waals surface area contributed by atoms with Gasteiger partial charge in [-0.25, -0.2) is 0 Å². The zero-order valence-electron chi connectivity index (χ0n) is 5.89. The summed E-state index contributed by atoms with van der Waals surface area (Å²) < 4.78 is 0. The fraction of sp³-hybridized carbons (Fsp3) is 0.400. The molecule has 0 heterocycles. The van der Waals surface area contributed by atoms with E-state index in [9.17, 15) is 4.79 Å². The number of carbonyl (C=O) groups is 1. The van der Waals surface area contributed by atoms with Crippen molar-refractivity contribution in [1.82, 2.24) is 5.32 Å². The van der Waals surface area contributed by atoms with E-state index >= 15 is 0 Å². The van der Waals surface area contributed by atoms with Crippen LogP contribution < -0.4 is 34.9 Å². The molecule has 0 aromatic carbocycles. The van der Waals surface area contributed by atoms with Gasteiger partial charge < -0.3 is 17.9 Å². The SMILES string of the molecule is CC(=O)N/C(C)=C\[S-].[Na+]. The Morgan fingerprint density at radius 2 is 2.00 bits per heavy atom. The Hall–Kier alpha value is 0.430.